The van der Waals surface area contributed by atoms with Crippen molar-refractivity contribution < 1.29 is 9.53 Å². The molecule has 0 unspecified atom stereocenters. The topological polar surface area (TPSA) is 77.0 Å². The molecule has 6 heteroatoms. The van der Waals surface area contributed by atoms with Crippen LogP contribution in [0.4, 0.5) is 0 Å². The molecule has 0 aliphatic heterocycles. The Hall–Kier alpha value is -3.41. The van der Waals surface area contributed by atoms with E-state index in [4.69, 9.17) is 4.74 Å². The first-order valence-corrected chi connectivity index (χ1v) is 7.79. The molecule has 1 N–H and O–H groups in total. The van der Waals surface area contributed by atoms with Gasteiger partial charge in [-0.1, -0.05) is 18.2 Å². The molecule has 0 saturated carbocycles. The molecule has 0 radical (unpaired) electrons. The van der Waals surface area contributed by atoms with Crippen molar-refractivity contribution in [2.75, 3.05) is 7.11 Å². The van der Waals surface area contributed by atoms with Crippen molar-refractivity contribution in [1.29, 1.82) is 0 Å². The number of rotatable bonds is 2. The summed E-state index contributed by atoms with van der Waals surface area (Å²) in [6.07, 6.45) is 0. The van der Waals surface area contributed by atoms with E-state index in [0.717, 1.165) is 10.9 Å². The number of para-hydroxylation sites is 1. The molecule has 0 atom stereocenters. The standard InChI is InChI=1S/C19H15N3O3/c1-11(23)22-18(12-7-9-13(25-2)10-8-12)16-17(21-22)14-5-3-4-6-15(14)20-19(16)24/h3-10H,1-2H3,(H,20,24). The van der Waals surface area contributed by atoms with E-state index < -0.39 is 0 Å². The second-order valence-electron chi connectivity index (χ2n) is 5.73. The number of benzene rings is 2. The molecule has 25 heavy (non-hydrogen) atoms. The summed E-state index contributed by atoms with van der Waals surface area (Å²) in [5.74, 6) is 0.437. The third-order valence-electron chi connectivity index (χ3n) is 4.20. The number of fused-ring (bicyclic) bond motifs is 3. The molecule has 2 heterocycles. The van der Waals surface area contributed by atoms with Gasteiger partial charge >= 0.3 is 0 Å². The minimum atomic E-state index is -0.271. The van der Waals surface area contributed by atoms with Crippen LogP contribution in [0.5, 0.6) is 5.75 Å². The maximum atomic E-state index is 12.7. The smallest absolute Gasteiger partial charge is 0.260 e. The van der Waals surface area contributed by atoms with Crippen molar-refractivity contribution in [1.82, 2.24) is 14.8 Å². The van der Waals surface area contributed by atoms with Crippen LogP contribution >= 0.6 is 0 Å². The fourth-order valence-corrected chi connectivity index (χ4v) is 3.05. The monoisotopic (exact) mass is 333 g/mol. The van der Waals surface area contributed by atoms with Crippen molar-refractivity contribution in [2.24, 2.45) is 0 Å². The van der Waals surface area contributed by atoms with Crippen LogP contribution in [-0.4, -0.2) is 27.8 Å². The number of nitrogens with one attached hydrogen (secondary N) is 1. The predicted molar refractivity (Wildman–Crippen MR) is 96.1 cm³/mol. The van der Waals surface area contributed by atoms with E-state index >= 15 is 0 Å². The van der Waals surface area contributed by atoms with Gasteiger partial charge in [0.15, 0.2) is 0 Å². The summed E-state index contributed by atoms with van der Waals surface area (Å²) in [5, 5.41) is 5.64. The third-order valence-corrected chi connectivity index (χ3v) is 4.20. The molecule has 4 rings (SSSR count). The Balaban J connectivity index is 2.14. The number of aromatic amines is 1. The Morgan fingerprint density at radius 1 is 1.12 bits per heavy atom. The van der Waals surface area contributed by atoms with Gasteiger partial charge in [-0.25, -0.2) is 0 Å². The molecule has 4 aromatic rings. The zero-order valence-electron chi connectivity index (χ0n) is 13.7. The van der Waals surface area contributed by atoms with Crippen LogP contribution in [0.1, 0.15) is 11.7 Å². The highest BCUT2D eigenvalue weighted by molar-refractivity contribution is 6.09. The number of pyridine rings is 1. The fraction of sp³-hybridized carbons (Fsp3) is 0.105. The zero-order chi connectivity index (χ0) is 17.6. The highest BCUT2D eigenvalue weighted by Crippen LogP contribution is 2.31. The third kappa shape index (κ3) is 2.30. The zero-order valence-corrected chi connectivity index (χ0v) is 13.7. The number of carbonyl (C=O) groups is 1. The lowest BCUT2D eigenvalue weighted by Crippen LogP contribution is -2.10. The van der Waals surface area contributed by atoms with Crippen molar-refractivity contribution in [3.8, 4) is 17.0 Å². The molecule has 0 amide bonds. The summed E-state index contributed by atoms with van der Waals surface area (Å²) in [5.41, 5.74) is 2.14. The van der Waals surface area contributed by atoms with Gasteiger partial charge in [-0.05, 0) is 30.3 Å². The number of methoxy groups -OCH3 is 1. The van der Waals surface area contributed by atoms with Crippen LogP contribution in [0.25, 0.3) is 33.1 Å². The van der Waals surface area contributed by atoms with Crippen molar-refractivity contribution in [3.63, 3.8) is 0 Å². The number of hydrogen-bond acceptors (Lipinski definition) is 4. The highest BCUT2D eigenvalue weighted by atomic mass is 16.5. The van der Waals surface area contributed by atoms with E-state index in [2.05, 4.69) is 10.1 Å². The summed E-state index contributed by atoms with van der Waals surface area (Å²) >= 11 is 0. The molecular weight excluding hydrogens is 318 g/mol. The first kappa shape index (κ1) is 15.1. The first-order chi connectivity index (χ1) is 12.1. The Kier molecular flexibility index (Phi) is 3.39. The maximum absolute atomic E-state index is 12.7. The normalized spacial score (nSPS) is 11.1. The Bertz CT molecular complexity index is 1170. The number of nitrogens with zero attached hydrogens (tertiary/aromatic N) is 2. The van der Waals surface area contributed by atoms with Gasteiger partial charge in [0, 0.05) is 17.9 Å². The number of carbonyl (C=O) groups excluding carboxylic acids is 1. The van der Waals surface area contributed by atoms with Gasteiger partial charge in [-0.3, -0.25) is 9.59 Å². The van der Waals surface area contributed by atoms with Gasteiger partial charge in [0.05, 0.1) is 23.7 Å². The van der Waals surface area contributed by atoms with Crippen LogP contribution in [0, 0.1) is 0 Å². The molecule has 0 fully saturated rings. The second-order valence-corrected chi connectivity index (χ2v) is 5.73. The fourth-order valence-electron chi connectivity index (χ4n) is 3.05. The molecule has 0 aliphatic rings. The van der Waals surface area contributed by atoms with Gasteiger partial charge in [-0.15, -0.1) is 0 Å². The minimum absolute atomic E-state index is 0.259. The van der Waals surface area contributed by atoms with Crippen LogP contribution < -0.4 is 10.3 Å². The van der Waals surface area contributed by atoms with Gasteiger partial charge in [0.2, 0.25) is 5.91 Å². The van der Waals surface area contributed by atoms with E-state index in [0.29, 0.717) is 27.9 Å². The molecule has 2 aromatic heterocycles. The number of aromatic nitrogens is 3. The summed E-state index contributed by atoms with van der Waals surface area (Å²) in [6.45, 7) is 1.43. The van der Waals surface area contributed by atoms with Crippen molar-refractivity contribution in [2.45, 2.75) is 6.92 Å². The number of hydrogen-bond donors (Lipinski definition) is 1. The van der Waals surface area contributed by atoms with Gasteiger partial charge in [0.1, 0.15) is 11.3 Å². The van der Waals surface area contributed by atoms with Crippen LogP contribution in [0.2, 0.25) is 0 Å². The van der Waals surface area contributed by atoms with Gasteiger partial charge in [-0.2, -0.15) is 9.78 Å². The quantitative estimate of drug-likeness (QED) is 0.611. The molecule has 0 bridgehead atoms. The molecule has 0 aliphatic carbocycles. The maximum Gasteiger partial charge on any atom is 0.260 e. The van der Waals surface area contributed by atoms with E-state index in [9.17, 15) is 9.59 Å². The van der Waals surface area contributed by atoms with Gasteiger partial charge in [0.25, 0.3) is 5.56 Å². The molecule has 0 saturated heterocycles. The van der Waals surface area contributed by atoms with E-state index in [1.165, 1.54) is 11.6 Å². The van der Waals surface area contributed by atoms with Crippen molar-refractivity contribution >= 4 is 27.7 Å². The Morgan fingerprint density at radius 2 is 1.84 bits per heavy atom. The average Bonchev–Trinajstić information content (AvgIpc) is 3.04. The lowest BCUT2D eigenvalue weighted by atomic mass is 10.1. The van der Waals surface area contributed by atoms with Crippen molar-refractivity contribution in [3.05, 3.63) is 58.9 Å². The lowest BCUT2D eigenvalue weighted by molar-refractivity contribution is 0.0924. The Morgan fingerprint density at radius 3 is 2.52 bits per heavy atom. The predicted octanol–water partition coefficient (Wildman–Crippen LogP) is 3.21. The van der Waals surface area contributed by atoms with Crippen LogP contribution in [0.3, 0.4) is 0 Å². The van der Waals surface area contributed by atoms with E-state index in [-0.39, 0.29) is 11.5 Å². The van der Waals surface area contributed by atoms with E-state index in [1.54, 1.807) is 19.2 Å². The summed E-state index contributed by atoms with van der Waals surface area (Å²) < 4.78 is 6.46. The summed E-state index contributed by atoms with van der Waals surface area (Å²) in [6, 6.07) is 14.6. The Labute approximate surface area is 142 Å². The second kappa shape index (κ2) is 5.59. The van der Waals surface area contributed by atoms with Gasteiger partial charge < -0.3 is 9.72 Å². The molecule has 6 nitrogen and oxygen atoms in total. The molecular formula is C19H15N3O3. The molecule has 124 valence electrons. The van der Waals surface area contributed by atoms with Crippen LogP contribution in [0.15, 0.2) is 53.3 Å². The lowest BCUT2D eigenvalue weighted by Gasteiger charge is -2.05. The SMILES string of the molecule is COc1ccc(-c2c3c(=O)[nH]c4ccccc4c3nn2C(C)=O)cc1. The first-order valence-electron chi connectivity index (χ1n) is 7.79. The largest absolute Gasteiger partial charge is 0.497 e. The molecule has 2 aromatic carbocycles. The van der Waals surface area contributed by atoms with Crippen LogP contribution in [-0.2, 0) is 0 Å². The van der Waals surface area contributed by atoms with E-state index in [1.807, 2.05) is 36.4 Å². The number of H-pyrrole nitrogens is 1. The number of ether oxygens (including phenoxy) is 1. The highest BCUT2D eigenvalue weighted by Gasteiger charge is 2.20. The summed E-state index contributed by atoms with van der Waals surface area (Å²) in [7, 11) is 1.58. The minimum Gasteiger partial charge on any atom is -0.497 e. The summed E-state index contributed by atoms with van der Waals surface area (Å²) in [4.78, 5) is 27.7. The average molecular weight is 333 g/mol. The molecule has 0 spiro atoms.